The summed E-state index contributed by atoms with van der Waals surface area (Å²) in [5.74, 6) is 1.68. The molecule has 0 spiro atoms. The maximum Gasteiger partial charge on any atom is 0.119 e. The van der Waals surface area contributed by atoms with Gasteiger partial charge < -0.3 is 4.74 Å². The topological polar surface area (TPSA) is 9.23 Å². The first-order valence-electron chi connectivity index (χ1n) is 4.51. The number of hydrogen-bond acceptors (Lipinski definition) is 2. The monoisotopic (exact) mass is 204 g/mol. The standard InChI is InChI=1S/C12H12OS/c1-13-12-5-4-10-6-9(8-14)2-3-11(10)7-12/h2-7,14H,8H2,1H3. The second kappa shape index (κ2) is 3.93. The third-order valence-corrected chi connectivity index (χ3v) is 2.66. The van der Waals surface area contributed by atoms with Gasteiger partial charge in [0.05, 0.1) is 7.11 Å². The molecule has 0 aliphatic carbocycles. The maximum atomic E-state index is 5.16. The van der Waals surface area contributed by atoms with Gasteiger partial charge in [0.1, 0.15) is 5.75 Å². The Morgan fingerprint density at radius 3 is 2.50 bits per heavy atom. The van der Waals surface area contributed by atoms with Crippen molar-refractivity contribution in [1.82, 2.24) is 0 Å². The number of methoxy groups -OCH3 is 1. The van der Waals surface area contributed by atoms with Gasteiger partial charge >= 0.3 is 0 Å². The Hall–Kier alpha value is -1.15. The van der Waals surface area contributed by atoms with Crippen LogP contribution in [0.1, 0.15) is 5.56 Å². The van der Waals surface area contributed by atoms with E-state index in [0.29, 0.717) is 0 Å². The van der Waals surface area contributed by atoms with Crippen LogP contribution < -0.4 is 4.74 Å². The number of fused-ring (bicyclic) bond motifs is 1. The summed E-state index contributed by atoms with van der Waals surface area (Å²) in [7, 11) is 1.68. The maximum absolute atomic E-state index is 5.16. The van der Waals surface area contributed by atoms with Crippen LogP contribution in [0, 0.1) is 0 Å². The Morgan fingerprint density at radius 1 is 1.07 bits per heavy atom. The summed E-state index contributed by atoms with van der Waals surface area (Å²) in [6, 6.07) is 12.4. The first kappa shape index (κ1) is 9.41. The number of thiol groups is 1. The van der Waals surface area contributed by atoms with E-state index < -0.39 is 0 Å². The van der Waals surface area contributed by atoms with E-state index in [9.17, 15) is 0 Å². The Bertz CT molecular complexity index is 408. The van der Waals surface area contributed by atoms with Crippen molar-refractivity contribution < 1.29 is 4.74 Å². The van der Waals surface area contributed by atoms with Crippen molar-refractivity contribution in [2.75, 3.05) is 7.11 Å². The summed E-state index contributed by atoms with van der Waals surface area (Å²) in [5, 5.41) is 2.44. The van der Waals surface area contributed by atoms with Crippen LogP contribution in [0.25, 0.3) is 10.8 Å². The Morgan fingerprint density at radius 2 is 1.79 bits per heavy atom. The summed E-state index contributed by atoms with van der Waals surface area (Å²) in [6.45, 7) is 0. The van der Waals surface area contributed by atoms with Crippen molar-refractivity contribution in [3.05, 3.63) is 42.0 Å². The molecular weight excluding hydrogens is 192 g/mol. The van der Waals surface area contributed by atoms with Crippen LogP contribution >= 0.6 is 12.6 Å². The highest BCUT2D eigenvalue weighted by Gasteiger charge is 1.97. The van der Waals surface area contributed by atoms with Crippen molar-refractivity contribution >= 4 is 23.4 Å². The molecule has 14 heavy (non-hydrogen) atoms. The second-order valence-electron chi connectivity index (χ2n) is 3.21. The third-order valence-electron chi connectivity index (χ3n) is 2.29. The predicted octanol–water partition coefficient (Wildman–Crippen LogP) is 3.28. The van der Waals surface area contributed by atoms with Gasteiger partial charge in [0.2, 0.25) is 0 Å². The molecular formula is C12H12OS. The zero-order valence-corrected chi connectivity index (χ0v) is 8.92. The molecule has 0 unspecified atom stereocenters. The lowest BCUT2D eigenvalue weighted by atomic mass is 10.1. The van der Waals surface area contributed by atoms with Crippen LogP contribution in [0.15, 0.2) is 36.4 Å². The van der Waals surface area contributed by atoms with E-state index in [2.05, 4.69) is 36.9 Å². The first-order chi connectivity index (χ1) is 6.83. The highest BCUT2D eigenvalue weighted by atomic mass is 32.1. The fourth-order valence-corrected chi connectivity index (χ4v) is 1.70. The molecule has 2 aromatic carbocycles. The normalized spacial score (nSPS) is 10.4. The summed E-state index contributed by atoms with van der Waals surface area (Å²) >= 11 is 4.25. The van der Waals surface area contributed by atoms with Crippen molar-refractivity contribution in [2.24, 2.45) is 0 Å². The minimum absolute atomic E-state index is 0.780. The van der Waals surface area contributed by atoms with E-state index in [-0.39, 0.29) is 0 Å². The molecule has 1 nitrogen and oxygen atoms in total. The summed E-state index contributed by atoms with van der Waals surface area (Å²) < 4.78 is 5.16. The van der Waals surface area contributed by atoms with Gasteiger partial charge in [0.25, 0.3) is 0 Å². The minimum Gasteiger partial charge on any atom is -0.497 e. The van der Waals surface area contributed by atoms with Gasteiger partial charge in [-0.05, 0) is 28.5 Å². The first-order valence-corrected chi connectivity index (χ1v) is 5.14. The molecule has 0 bridgehead atoms. The largest absolute Gasteiger partial charge is 0.497 e. The van der Waals surface area contributed by atoms with E-state index in [4.69, 9.17) is 4.74 Å². The third kappa shape index (κ3) is 1.70. The quantitative estimate of drug-likeness (QED) is 0.739. The summed E-state index contributed by atoms with van der Waals surface area (Å²) in [6.07, 6.45) is 0. The smallest absolute Gasteiger partial charge is 0.119 e. The molecule has 0 atom stereocenters. The molecule has 0 N–H and O–H groups in total. The van der Waals surface area contributed by atoms with Crippen molar-refractivity contribution in [1.29, 1.82) is 0 Å². The fourth-order valence-electron chi connectivity index (χ4n) is 1.50. The van der Waals surface area contributed by atoms with Crippen LogP contribution in [0.5, 0.6) is 5.75 Å². The van der Waals surface area contributed by atoms with Gasteiger partial charge in [-0.2, -0.15) is 12.6 Å². The number of hydrogen-bond donors (Lipinski definition) is 1. The van der Waals surface area contributed by atoms with Gasteiger partial charge in [0, 0.05) is 5.75 Å². The van der Waals surface area contributed by atoms with Crippen LogP contribution in [0.3, 0.4) is 0 Å². The number of rotatable bonds is 2. The Balaban J connectivity index is 2.57. The Labute approximate surface area is 89.1 Å². The van der Waals surface area contributed by atoms with Crippen molar-refractivity contribution in [2.45, 2.75) is 5.75 Å². The number of benzene rings is 2. The molecule has 0 aliphatic rings. The van der Waals surface area contributed by atoms with Gasteiger partial charge in [-0.15, -0.1) is 0 Å². The fraction of sp³-hybridized carbons (Fsp3) is 0.167. The SMILES string of the molecule is COc1ccc2cc(CS)ccc2c1. The number of ether oxygens (including phenoxy) is 1. The highest BCUT2D eigenvalue weighted by Crippen LogP contribution is 2.22. The zero-order valence-electron chi connectivity index (χ0n) is 8.03. The van der Waals surface area contributed by atoms with E-state index in [0.717, 1.165) is 11.5 Å². The van der Waals surface area contributed by atoms with Crippen LogP contribution in [-0.2, 0) is 5.75 Å². The minimum atomic E-state index is 0.780. The summed E-state index contributed by atoms with van der Waals surface area (Å²) in [5.41, 5.74) is 1.24. The Kier molecular flexibility index (Phi) is 2.64. The molecule has 0 fully saturated rings. The molecule has 0 heterocycles. The lowest BCUT2D eigenvalue weighted by Gasteiger charge is -2.03. The molecule has 0 aromatic heterocycles. The lowest BCUT2D eigenvalue weighted by molar-refractivity contribution is 0.415. The molecule has 0 saturated heterocycles. The van der Waals surface area contributed by atoms with Gasteiger partial charge in [-0.25, -0.2) is 0 Å². The molecule has 2 aromatic rings. The van der Waals surface area contributed by atoms with Crippen molar-refractivity contribution in [3.63, 3.8) is 0 Å². The van der Waals surface area contributed by atoms with Gasteiger partial charge in [-0.3, -0.25) is 0 Å². The average Bonchev–Trinajstić information content (AvgIpc) is 2.27. The molecule has 2 heteroatoms. The molecule has 0 saturated carbocycles. The lowest BCUT2D eigenvalue weighted by Crippen LogP contribution is -1.83. The molecule has 72 valence electrons. The molecule has 0 radical (unpaired) electrons. The van der Waals surface area contributed by atoms with Crippen LogP contribution in [-0.4, -0.2) is 7.11 Å². The van der Waals surface area contributed by atoms with E-state index >= 15 is 0 Å². The zero-order chi connectivity index (χ0) is 9.97. The second-order valence-corrected chi connectivity index (χ2v) is 3.52. The van der Waals surface area contributed by atoms with Gasteiger partial charge in [0.15, 0.2) is 0 Å². The summed E-state index contributed by atoms with van der Waals surface area (Å²) in [4.78, 5) is 0. The van der Waals surface area contributed by atoms with E-state index in [1.165, 1.54) is 16.3 Å². The van der Waals surface area contributed by atoms with E-state index in [1.807, 2.05) is 12.1 Å². The van der Waals surface area contributed by atoms with Crippen molar-refractivity contribution in [3.8, 4) is 5.75 Å². The highest BCUT2D eigenvalue weighted by molar-refractivity contribution is 7.79. The predicted molar refractivity (Wildman–Crippen MR) is 63.2 cm³/mol. The van der Waals surface area contributed by atoms with Gasteiger partial charge in [-0.1, -0.05) is 24.3 Å². The van der Waals surface area contributed by atoms with Crippen LogP contribution in [0.2, 0.25) is 0 Å². The van der Waals surface area contributed by atoms with Crippen LogP contribution in [0.4, 0.5) is 0 Å². The molecule has 0 amide bonds. The molecule has 0 aliphatic heterocycles. The molecule has 2 rings (SSSR count). The average molecular weight is 204 g/mol. The van der Waals surface area contributed by atoms with E-state index in [1.54, 1.807) is 7.11 Å².